The fraction of sp³-hybridized carbons (Fsp3) is 0.381. The van der Waals surface area contributed by atoms with Gasteiger partial charge in [-0.1, -0.05) is 18.2 Å². The maximum absolute atomic E-state index is 11.9. The number of rotatable bonds is 6. The first-order valence-corrected chi connectivity index (χ1v) is 8.90. The van der Waals surface area contributed by atoms with Crippen molar-refractivity contribution in [2.45, 2.75) is 51.4 Å². The van der Waals surface area contributed by atoms with Gasteiger partial charge in [-0.25, -0.2) is 0 Å². The van der Waals surface area contributed by atoms with Crippen LogP contribution < -0.4 is 5.32 Å². The Morgan fingerprint density at radius 1 is 0.958 bits per heavy atom. The van der Waals surface area contributed by atoms with Crippen LogP contribution in [0.25, 0.3) is 0 Å². The van der Waals surface area contributed by atoms with Gasteiger partial charge in [0.1, 0.15) is 5.75 Å². The number of benzene rings is 2. The zero-order valence-electron chi connectivity index (χ0n) is 14.1. The van der Waals surface area contributed by atoms with Gasteiger partial charge in [-0.3, -0.25) is 4.79 Å². The lowest BCUT2D eigenvalue weighted by Gasteiger charge is -2.16. The van der Waals surface area contributed by atoms with Crippen LogP contribution in [0, 0.1) is 0 Å². The number of aryl methyl sites for hydroxylation is 3. The van der Waals surface area contributed by atoms with Crippen molar-refractivity contribution in [2.24, 2.45) is 0 Å². The molecule has 0 spiro atoms. The minimum Gasteiger partial charge on any atom is -0.508 e. The first kappa shape index (κ1) is 16.6. The van der Waals surface area contributed by atoms with E-state index in [4.69, 9.17) is 0 Å². The molecule has 0 heterocycles. The molecule has 1 aliphatic rings. The van der Waals surface area contributed by atoms with Crippen LogP contribution in [-0.2, 0) is 24.1 Å². The quantitative estimate of drug-likeness (QED) is 0.602. The number of hydrogen-bond donors (Lipinski definition) is 2. The maximum Gasteiger partial charge on any atom is 0.224 e. The summed E-state index contributed by atoms with van der Waals surface area (Å²) in [4.78, 5) is 11.9. The van der Waals surface area contributed by atoms with Crippen LogP contribution in [0.1, 0.15) is 48.8 Å². The molecule has 1 amide bonds. The number of phenolic OH excluding ortho intramolecular Hbond substituents is 1. The number of nitrogens with one attached hydrogen (secondary N) is 1. The molecule has 1 aliphatic carbocycles. The molecule has 0 radical (unpaired) electrons. The van der Waals surface area contributed by atoms with Crippen molar-refractivity contribution >= 4 is 11.6 Å². The Hall–Kier alpha value is -2.29. The van der Waals surface area contributed by atoms with Gasteiger partial charge >= 0.3 is 0 Å². The second-order valence-electron chi connectivity index (χ2n) is 6.61. The number of phenols is 1. The number of carbonyl (C=O) groups excluding carboxylic acids is 1. The monoisotopic (exact) mass is 323 g/mol. The van der Waals surface area contributed by atoms with Crippen LogP contribution >= 0.6 is 0 Å². The van der Waals surface area contributed by atoms with Crippen molar-refractivity contribution in [1.82, 2.24) is 0 Å². The molecule has 3 heteroatoms. The molecule has 0 fully saturated rings. The first-order chi connectivity index (χ1) is 11.7. The van der Waals surface area contributed by atoms with E-state index >= 15 is 0 Å². The van der Waals surface area contributed by atoms with Crippen molar-refractivity contribution in [3.05, 3.63) is 59.2 Å². The first-order valence-electron chi connectivity index (χ1n) is 8.90. The lowest BCUT2D eigenvalue weighted by atomic mass is 9.89. The number of aromatic hydroxyl groups is 1. The topological polar surface area (TPSA) is 49.3 Å². The molecule has 3 nitrogen and oxygen atoms in total. The molecule has 0 atom stereocenters. The predicted molar refractivity (Wildman–Crippen MR) is 97.4 cm³/mol. The van der Waals surface area contributed by atoms with Crippen LogP contribution in [0.3, 0.4) is 0 Å². The number of fused-ring (bicyclic) bond motifs is 1. The Labute approximate surface area is 143 Å². The summed E-state index contributed by atoms with van der Waals surface area (Å²) in [7, 11) is 0. The molecule has 0 aliphatic heterocycles. The highest BCUT2D eigenvalue weighted by atomic mass is 16.3. The van der Waals surface area contributed by atoms with Gasteiger partial charge in [-0.2, -0.15) is 0 Å². The van der Waals surface area contributed by atoms with Crippen LogP contribution in [0.15, 0.2) is 42.5 Å². The summed E-state index contributed by atoms with van der Waals surface area (Å²) in [5, 5.41) is 12.1. The minimum absolute atomic E-state index is 0.0335. The van der Waals surface area contributed by atoms with E-state index in [1.807, 2.05) is 0 Å². The van der Waals surface area contributed by atoms with E-state index in [1.54, 1.807) is 24.3 Å². The number of unbranched alkanes of at least 4 members (excludes halogenated alkanes) is 1. The molecule has 126 valence electrons. The Balaban J connectivity index is 1.40. The Bertz CT molecular complexity index is 691. The Morgan fingerprint density at radius 3 is 2.50 bits per heavy atom. The molecule has 3 rings (SSSR count). The molecule has 0 bridgehead atoms. The highest BCUT2D eigenvalue weighted by Gasteiger charge is 2.09. The average molecular weight is 323 g/mol. The van der Waals surface area contributed by atoms with Gasteiger partial charge in [0.15, 0.2) is 0 Å². The van der Waals surface area contributed by atoms with E-state index in [1.165, 1.54) is 42.4 Å². The molecule has 24 heavy (non-hydrogen) atoms. The Morgan fingerprint density at radius 2 is 1.71 bits per heavy atom. The zero-order valence-corrected chi connectivity index (χ0v) is 14.1. The molecule has 0 aromatic heterocycles. The summed E-state index contributed by atoms with van der Waals surface area (Å²) in [5.74, 6) is 0.240. The van der Waals surface area contributed by atoms with E-state index in [0.29, 0.717) is 6.42 Å². The molecule has 2 N–H and O–H groups in total. The average Bonchev–Trinajstić information content (AvgIpc) is 2.60. The number of anilines is 1. The van der Waals surface area contributed by atoms with Crippen LogP contribution in [0.4, 0.5) is 5.69 Å². The third-order valence-electron chi connectivity index (χ3n) is 4.68. The lowest BCUT2D eigenvalue weighted by molar-refractivity contribution is -0.116. The molecule has 0 saturated carbocycles. The fourth-order valence-corrected chi connectivity index (χ4v) is 3.33. The third-order valence-corrected chi connectivity index (χ3v) is 4.68. The van der Waals surface area contributed by atoms with E-state index < -0.39 is 0 Å². The summed E-state index contributed by atoms with van der Waals surface area (Å²) in [6.45, 7) is 0. The number of carbonyl (C=O) groups is 1. The zero-order chi connectivity index (χ0) is 16.8. The van der Waals surface area contributed by atoms with Gasteiger partial charge in [0.05, 0.1) is 0 Å². The third kappa shape index (κ3) is 4.60. The van der Waals surface area contributed by atoms with Crippen molar-refractivity contribution < 1.29 is 9.90 Å². The van der Waals surface area contributed by atoms with Gasteiger partial charge in [-0.05, 0) is 85.9 Å². The SMILES string of the molecule is O=C(CCCCc1ccc2c(c1)CCCC2)Nc1ccc(O)cc1. The minimum atomic E-state index is 0.0335. The van der Waals surface area contributed by atoms with Gasteiger partial charge < -0.3 is 10.4 Å². The molecule has 2 aromatic rings. The van der Waals surface area contributed by atoms with Crippen molar-refractivity contribution in [2.75, 3.05) is 5.32 Å². The lowest BCUT2D eigenvalue weighted by Crippen LogP contribution is -2.11. The number of amides is 1. The summed E-state index contributed by atoms with van der Waals surface area (Å²) in [5.41, 5.74) is 5.18. The molecule has 0 unspecified atom stereocenters. The van der Waals surface area contributed by atoms with Gasteiger partial charge in [0.25, 0.3) is 0 Å². The Kier molecular flexibility index (Phi) is 5.52. The largest absolute Gasteiger partial charge is 0.508 e. The van der Waals surface area contributed by atoms with Crippen molar-refractivity contribution in [1.29, 1.82) is 0 Å². The van der Waals surface area contributed by atoms with Gasteiger partial charge in [-0.15, -0.1) is 0 Å². The molecule has 2 aromatic carbocycles. The molecule has 0 saturated heterocycles. The smallest absolute Gasteiger partial charge is 0.224 e. The fourth-order valence-electron chi connectivity index (χ4n) is 3.33. The summed E-state index contributed by atoms with van der Waals surface area (Å²) >= 11 is 0. The van der Waals surface area contributed by atoms with Crippen LogP contribution in [0.2, 0.25) is 0 Å². The second kappa shape index (κ2) is 8.00. The molecular formula is C21H25NO2. The highest BCUT2D eigenvalue weighted by Crippen LogP contribution is 2.23. The summed E-state index contributed by atoms with van der Waals surface area (Å²) < 4.78 is 0. The summed E-state index contributed by atoms with van der Waals surface area (Å²) in [6.07, 6.45) is 8.58. The normalized spacial score (nSPS) is 13.3. The number of hydrogen-bond acceptors (Lipinski definition) is 2. The van der Waals surface area contributed by atoms with Crippen LogP contribution in [-0.4, -0.2) is 11.0 Å². The van der Waals surface area contributed by atoms with E-state index in [9.17, 15) is 9.90 Å². The van der Waals surface area contributed by atoms with Gasteiger partial charge in [0, 0.05) is 12.1 Å². The molecular weight excluding hydrogens is 298 g/mol. The van der Waals surface area contributed by atoms with E-state index in [2.05, 4.69) is 23.5 Å². The maximum atomic E-state index is 11.9. The predicted octanol–water partition coefficient (Wildman–Crippen LogP) is 4.62. The van der Waals surface area contributed by atoms with E-state index in [0.717, 1.165) is 24.9 Å². The van der Waals surface area contributed by atoms with E-state index in [-0.39, 0.29) is 11.7 Å². The van der Waals surface area contributed by atoms with Gasteiger partial charge in [0.2, 0.25) is 5.91 Å². The van der Waals surface area contributed by atoms with Crippen molar-refractivity contribution in [3.8, 4) is 5.75 Å². The highest BCUT2D eigenvalue weighted by molar-refractivity contribution is 5.90. The second-order valence-corrected chi connectivity index (χ2v) is 6.61. The van der Waals surface area contributed by atoms with Crippen molar-refractivity contribution in [3.63, 3.8) is 0 Å². The standard InChI is InChI=1S/C21H25NO2/c23-20-13-11-19(12-14-20)22-21(24)8-4-1-5-16-9-10-17-6-2-3-7-18(17)15-16/h9-15,23H,1-8H2,(H,22,24). The summed E-state index contributed by atoms with van der Waals surface area (Å²) in [6, 6.07) is 13.5. The van der Waals surface area contributed by atoms with Crippen LogP contribution in [0.5, 0.6) is 5.75 Å².